The maximum absolute atomic E-state index is 11.5. The molecule has 0 heterocycles. The van der Waals surface area contributed by atoms with Gasteiger partial charge in [-0.3, -0.25) is 4.79 Å². The van der Waals surface area contributed by atoms with E-state index in [0.29, 0.717) is 30.5 Å². The van der Waals surface area contributed by atoms with Gasteiger partial charge in [0.1, 0.15) is 17.9 Å². The summed E-state index contributed by atoms with van der Waals surface area (Å²) < 4.78 is 15.4. The van der Waals surface area contributed by atoms with E-state index in [1.165, 1.54) is 0 Å². The van der Waals surface area contributed by atoms with Crippen LogP contribution in [0, 0.1) is 0 Å². The quantitative estimate of drug-likeness (QED) is 0.451. The largest absolute Gasteiger partial charge is 0.494 e. The Labute approximate surface area is 113 Å². The average molecular weight is 265 g/mol. The number of hydrogen-bond donors (Lipinski definition) is 0. The van der Waals surface area contributed by atoms with Gasteiger partial charge in [0.15, 0.2) is 5.90 Å². The molecular formula is C14H19NO4. The number of nitrogens with zero attached hydrogens (tertiary/aromatic N) is 1. The molecule has 0 spiro atoms. The van der Waals surface area contributed by atoms with Crippen LogP contribution in [0.15, 0.2) is 29.3 Å². The lowest BCUT2D eigenvalue weighted by atomic mass is 10.3. The first-order chi connectivity index (χ1) is 9.21. The Morgan fingerprint density at radius 2 is 1.84 bits per heavy atom. The Bertz CT molecular complexity index is 443. The number of ether oxygens (including phenoxy) is 3. The number of benzene rings is 1. The van der Waals surface area contributed by atoms with Gasteiger partial charge in [-0.1, -0.05) is 12.1 Å². The molecule has 1 rings (SSSR count). The summed E-state index contributed by atoms with van der Waals surface area (Å²) >= 11 is 0. The second-order valence-corrected chi connectivity index (χ2v) is 3.59. The molecule has 0 saturated carbocycles. The third-order valence-corrected chi connectivity index (χ3v) is 2.24. The van der Waals surface area contributed by atoms with Crippen LogP contribution in [0.4, 0.5) is 5.69 Å². The Balaban J connectivity index is 2.90. The highest BCUT2D eigenvalue weighted by atomic mass is 16.5. The van der Waals surface area contributed by atoms with Crippen molar-refractivity contribution in [3.05, 3.63) is 24.3 Å². The van der Waals surface area contributed by atoms with Gasteiger partial charge in [-0.2, -0.15) is 0 Å². The van der Waals surface area contributed by atoms with Crippen molar-refractivity contribution in [3.8, 4) is 5.75 Å². The third kappa shape index (κ3) is 4.99. The minimum atomic E-state index is -0.357. The summed E-state index contributed by atoms with van der Waals surface area (Å²) in [6, 6.07) is 7.29. The zero-order valence-corrected chi connectivity index (χ0v) is 11.5. The van der Waals surface area contributed by atoms with Gasteiger partial charge in [-0.25, -0.2) is 4.99 Å². The molecule has 0 aliphatic carbocycles. The molecule has 0 bridgehead atoms. The fraction of sp³-hybridized carbons (Fsp3) is 0.429. The summed E-state index contributed by atoms with van der Waals surface area (Å²) in [7, 11) is 1.57. The van der Waals surface area contributed by atoms with Gasteiger partial charge in [0.2, 0.25) is 0 Å². The van der Waals surface area contributed by atoms with E-state index in [0.717, 1.165) is 0 Å². The number of para-hydroxylation sites is 2. The monoisotopic (exact) mass is 265 g/mol. The SMILES string of the molecule is CCOC(=O)C/C(=N/c1ccccc1OC)OCC. The highest BCUT2D eigenvalue weighted by Crippen LogP contribution is 2.26. The van der Waals surface area contributed by atoms with Crippen molar-refractivity contribution in [1.82, 2.24) is 0 Å². The summed E-state index contributed by atoms with van der Waals surface area (Å²) in [6.45, 7) is 4.37. The Morgan fingerprint density at radius 3 is 2.47 bits per heavy atom. The van der Waals surface area contributed by atoms with Gasteiger partial charge in [0, 0.05) is 0 Å². The van der Waals surface area contributed by atoms with Crippen LogP contribution >= 0.6 is 0 Å². The number of carbonyl (C=O) groups is 1. The van der Waals surface area contributed by atoms with E-state index >= 15 is 0 Å². The second kappa shape index (κ2) is 8.13. The van der Waals surface area contributed by atoms with E-state index in [-0.39, 0.29) is 12.4 Å². The molecule has 0 aliphatic rings. The van der Waals surface area contributed by atoms with Crippen LogP contribution in [0.2, 0.25) is 0 Å². The van der Waals surface area contributed by atoms with Gasteiger partial charge in [-0.05, 0) is 26.0 Å². The number of rotatable bonds is 6. The lowest BCUT2D eigenvalue weighted by Gasteiger charge is -2.09. The van der Waals surface area contributed by atoms with Crippen molar-refractivity contribution in [2.45, 2.75) is 20.3 Å². The Hall–Kier alpha value is -2.04. The number of esters is 1. The molecule has 0 amide bonds. The van der Waals surface area contributed by atoms with Gasteiger partial charge >= 0.3 is 5.97 Å². The zero-order chi connectivity index (χ0) is 14.1. The number of methoxy groups -OCH3 is 1. The molecule has 0 fully saturated rings. The fourth-order valence-electron chi connectivity index (χ4n) is 1.48. The molecular weight excluding hydrogens is 246 g/mol. The number of carbonyl (C=O) groups excluding carboxylic acids is 1. The van der Waals surface area contributed by atoms with Gasteiger partial charge in [-0.15, -0.1) is 0 Å². The highest BCUT2D eigenvalue weighted by molar-refractivity contribution is 5.95. The number of aliphatic imine (C=N–C) groups is 1. The van der Waals surface area contributed by atoms with Crippen LogP contribution < -0.4 is 4.74 Å². The van der Waals surface area contributed by atoms with E-state index in [1.807, 2.05) is 19.1 Å². The normalized spacial score (nSPS) is 11.0. The summed E-state index contributed by atoms with van der Waals surface area (Å²) in [5.74, 6) is 0.596. The summed E-state index contributed by atoms with van der Waals surface area (Å²) in [5.41, 5.74) is 0.623. The summed E-state index contributed by atoms with van der Waals surface area (Å²) in [6.07, 6.45) is 0.0136. The molecule has 5 nitrogen and oxygen atoms in total. The van der Waals surface area contributed by atoms with Crippen molar-refractivity contribution in [2.24, 2.45) is 4.99 Å². The second-order valence-electron chi connectivity index (χ2n) is 3.59. The summed E-state index contributed by atoms with van der Waals surface area (Å²) in [4.78, 5) is 15.8. The molecule has 0 saturated heterocycles. The van der Waals surface area contributed by atoms with E-state index in [9.17, 15) is 4.79 Å². The van der Waals surface area contributed by atoms with Crippen LogP contribution in [0.5, 0.6) is 5.75 Å². The first kappa shape index (κ1) is 15.0. The molecule has 1 aromatic rings. The van der Waals surface area contributed by atoms with Crippen molar-refractivity contribution in [1.29, 1.82) is 0 Å². The van der Waals surface area contributed by atoms with Crippen LogP contribution in [-0.2, 0) is 14.3 Å². The van der Waals surface area contributed by atoms with Crippen LogP contribution in [0.1, 0.15) is 20.3 Å². The lowest BCUT2D eigenvalue weighted by Crippen LogP contribution is -2.14. The molecule has 0 aromatic heterocycles. The maximum Gasteiger partial charge on any atom is 0.315 e. The van der Waals surface area contributed by atoms with Crippen molar-refractivity contribution in [2.75, 3.05) is 20.3 Å². The van der Waals surface area contributed by atoms with Crippen LogP contribution in [0.25, 0.3) is 0 Å². The molecule has 1 aromatic carbocycles. The van der Waals surface area contributed by atoms with Gasteiger partial charge in [0.05, 0.1) is 20.3 Å². The van der Waals surface area contributed by atoms with Crippen LogP contribution in [-0.4, -0.2) is 32.2 Å². The molecule has 0 N–H and O–H groups in total. The van der Waals surface area contributed by atoms with Crippen molar-refractivity contribution in [3.63, 3.8) is 0 Å². The van der Waals surface area contributed by atoms with Crippen LogP contribution in [0.3, 0.4) is 0 Å². The Kier molecular flexibility index (Phi) is 6.43. The lowest BCUT2D eigenvalue weighted by molar-refractivity contribution is -0.141. The minimum Gasteiger partial charge on any atom is -0.494 e. The molecule has 19 heavy (non-hydrogen) atoms. The molecule has 0 unspecified atom stereocenters. The predicted molar refractivity (Wildman–Crippen MR) is 73.0 cm³/mol. The average Bonchev–Trinajstić information content (AvgIpc) is 2.40. The minimum absolute atomic E-state index is 0.0136. The Morgan fingerprint density at radius 1 is 1.16 bits per heavy atom. The van der Waals surface area contributed by atoms with Crippen molar-refractivity contribution >= 4 is 17.6 Å². The standard InChI is InChI=1S/C14H19NO4/c1-4-18-13(10-14(16)19-5-2)15-11-8-6-7-9-12(11)17-3/h6-9H,4-5,10H2,1-3H3/b15-13-. The maximum atomic E-state index is 11.5. The first-order valence-corrected chi connectivity index (χ1v) is 6.20. The van der Waals surface area contributed by atoms with Gasteiger partial charge < -0.3 is 14.2 Å². The molecule has 0 aliphatic heterocycles. The topological polar surface area (TPSA) is 57.1 Å². The van der Waals surface area contributed by atoms with E-state index < -0.39 is 0 Å². The van der Waals surface area contributed by atoms with Crippen molar-refractivity contribution < 1.29 is 19.0 Å². The number of hydrogen-bond acceptors (Lipinski definition) is 5. The fourth-order valence-corrected chi connectivity index (χ4v) is 1.48. The van der Waals surface area contributed by atoms with E-state index in [1.54, 1.807) is 26.2 Å². The first-order valence-electron chi connectivity index (χ1n) is 6.20. The van der Waals surface area contributed by atoms with Gasteiger partial charge in [0.25, 0.3) is 0 Å². The van der Waals surface area contributed by atoms with E-state index in [2.05, 4.69) is 4.99 Å². The zero-order valence-electron chi connectivity index (χ0n) is 11.5. The molecule has 0 atom stereocenters. The third-order valence-electron chi connectivity index (χ3n) is 2.24. The van der Waals surface area contributed by atoms with E-state index in [4.69, 9.17) is 14.2 Å². The highest BCUT2D eigenvalue weighted by Gasteiger charge is 2.11. The molecule has 104 valence electrons. The smallest absolute Gasteiger partial charge is 0.315 e. The molecule has 0 radical (unpaired) electrons. The summed E-state index contributed by atoms with van der Waals surface area (Å²) in [5, 5.41) is 0. The molecule has 5 heteroatoms. The predicted octanol–water partition coefficient (Wildman–Crippen LogP) is 2.71.